The van der Waals surface area contributed by atoms with Gasteiger partial charge in [-0.15, -0.1) is 0 Å². The first-order valence-corrected chi connectivity index (χ1v) is 6.92. The van der Waals surface area contributed by atoms with E-state index in [1.54, 1.807) is 6.07 Å². The van der Waals surface area contributed by atoms with Crippen LogP contribution in [0.2, 0.25) is 0 Å². The third kappa shape index (κ3) is 3.95. The average Bonchev–Trinajstić information content (AvgIpc) is 2.52. The van der Waals surface area contributed by atoms with E-state index in [0.29, 0.717) is 5.56 Å². The fourth-order valence-corrected chi connectivity index (χ4v) is 2.19. The van der Waals surface area contributed by atoms with Gasteiger partial charge in [0.25, 0.3) is 5.69 Å². The van der Waals surface area contributed by atoms with Gasteiger partial charge in [-0.2, -0.15) is 0 Å². The standard InChI is InChI=1S/C16H17FN2O4/c1-10-4-3-5-11(6-10)15(20)9-18-13-8-16(23-2)12(17)7-14(13)19(21)22/h3-8,15,18,20H,9H2,1-2H3. The smallest absolute Gasteiger partial charge is 0.295 e. The fraction of sp³-hybridized carbons (Fsp3) is 0.250. The van der Waals surface area contributed by atoms with E-state index in [4.69, 9.17) is 4.74 Å². The summed E-state index contributed by atoms with van der Waals surface area (Å²) in [7, 11) is 1.27. The maximum atomic E-state index is 13.6. The molecule has 7 heteroatoms. The van der Waals surface area contributed by atoms with Gasteiger partial charge < -0.3 is 15.2 Å². The molecule has 2 N–H and O–H groups in total. The van der Waals surface area contributed by atoms with Gasteiger partial charge in [-0.3, -0.25) is 10.1 Å². The molecule has 0 amide bonds. The van der Waals surface area contributed by atoms with Gasteiger partial charge in [0, 0.05) is 12.6 Å². The van der Waals surface area contributed by atoms with Crippen LogP contribution in [-0.4, -0.2) is 23.7 Å². The molecular weight excluding hydrogens is 303 g/mol. The number of nitro benzene ring substituents is 1. The number of nitrogens with zero attached hydrogens (tertiary/aromatic N) is 1. The number of aryl methyl sites for hydroxylation is 1. The SMILES string of the molecule is COc1cc(NCC(O)c2cccc(C)c2)c([N+](=O)[O-])cc1F. The summed E-state index contributed by atoms with van der Waals surface area (Å²) in [6, 6.07) is 9.30. The molecule has 1 atom stereocenters. The lowest BCUT2D eigenvalue weighted by Gasteiger charge is -2.14. The van der Waals surface area contributed by atoms with Gasteiger partial charge in [0.2, 0.25) is 0 Å². The number of ether oxygens (including phenoxy) is 1. The van der Waals surface area contributed by atoms with Crippen LogP contribution in [0, 0.1) is 22.9 Å². The van der Waals surface area contributed by atoms with E-state index in [2.05, 4.69) is 5.32 Å². The summed E-state index contributed by atoms with van der Waals surface area (Å²) in [5.74, 6) is -0.924. The van der Waals surface area contributed by atoms with E-state index in [9.17, 15) is 19.6 Å². The molecule has 0 aliphatic carbocycles. The molecule has 0 radical (unpaired) electrons. The molecule has 0 aromatic heterocycles. The Labute approximate surface area is 132 Å². The molecule has 2 aromatic rings. The molecule has 0 heterocycles. The quantitative estimate of drug-likeness (QED) is 0.631. The molecule has 122 valence electrons. The number of anilines is 1. The summed E-state index contributed by atoms with van der Waals surface area (Å²) in [6.45, 7) is 1.94. The molecular formula is C16H17FN2O4. The van der Waals surface area contributed by atoms with E-state index >= 15 is 0 Å². The minimum atomic E-state index is -0.856. The van der Waals surface area contributed by atoms with Crippen molar-refractivity contribution in [3.8, 4) is 5.75 Å². The van der Waals surface area contributed by atoms with Crippen LogP contribution < -0.4 is 10.1 Å². The second-order valence-electron chi connectivity index (χ2n) is 5.07. The lowest BCUT2D eigenvalue weighted by molar-refractivity contribution is -0.384. The summed E-state index contributed by atoms with van der Waals surface area (Å²) in [5.41, 5.74) is 1.35. The number of rotatable bonds is 6. The minimum Gasteiger partial charge on any atom is -0.494 e. The van der Waals surface area contributed by atoms with E-state index in [1.807, 2.05) is 25.1 Å². The molecule has 0 spiro atoms. The molecule has 23 heavy (non-hydrogen) atoms. The zero-order chi connectivity index (χ0) is 17.0. The summed E-state index contributed by atoms with van der Waals surface area (Å²) in [4.78, 5) is 10.3. The fourth-order valence-electron chi connectivity index (χ4n) is 2.19. The van der Waals surface area contributed by atoms with Gasteiger partial charge >= 0.3 is 0 Å². The first-order chi connectivity index (χ1) is 10.9. The second-order valence-corrected chi connectivity index (χ2v) is 5.07. The Bertz CT molecular complexity index is 721. The van der Waals surface area contributed by atoms with Crippen molar-refractivity contribution in [1.82, 2.24) is 0 Å². The highest BCUT2D eigenvalue weighted by atomic mass is 19.1. The largest absolute Gasteiger partial charge is 0.494 e. The highest BCUT2D eigenvalue weighted by molar-refractivity contribution is 5.64. The van der Waals surface area contributed by atoms with Crippen LogP contribution in [0.3, 0.4) is 0 Å². The summed E-state index contributed by atoms with van der Waals surface area (Å²) < 4.78 is 18.4. The highest BCUT2D eigenvalue weighted by Crippen LogP contribution is 2.32. The van der Waals surface area contributed by atoms with Crippen molar-refractivity contribution in [2.75, 3.05) is 19.0 Å². The average molecular weight is 320 g/mol. The normalized spacial score (nSPS) is 11.8. The van der Waals surface area contributed by atoms with Gasteiger partial charge in [-0.1, -0.05) is 29.8 Å². The van der Waals surface area contributed by atoms with Gasteiger partial charge in [-0.05, 0) is 12.5 Å². The molecule has 0 aliphatic rings. The molecule has 0 saturated heterocycles. The van der Waals surface area contributed by atoms with Gasteiger partial charge in [0.15, 0.2) is 11.6 Å². The lowest BCUT2D eigenvalue weighted by atomic mass is 10.1. The van der Waals surface area contributed by atoms with Gasteiger partial charge in [0.1, 0.15) is 5.69 Å². The predicted molar refractivity (Wildman–Crippen MR) is 84.2 cm³/mol. The van der Waals surface area contributed by atoms with E-state index < -0.39 is 22.5 Å². The molecule has 0 fully saturated rings. The first-order valence-electron chi connectivity index (χ1n) is 6.92. The van der Waals surface area contributed by atoms with Crippen molar-refractivity contribution >= 4 is 11.4 Å². The molecule has 0 bridgehead atoms. The third-order valence-electron chi connectivity index (χ3n) is 3.38. The van der Waals surface area contributed by atoms with Crippen molar-refractivity contribution < 1.29 is 19.2 Å². The number of benzene rings is 2. The Kier molecular flexibility index (Phi) is 5.13. The number of aliphatic hydroxyl groups excluding tert-OH is 1. The number of hydrogen-bond acceptors (Lipinski definition) is 5. The summed E-state index contributed by atoms with van der Waals surface area (Å²) in [5, 5.41) is 24.0. The van der Waals surface area contributed by atoms with Crippen LogP contribution in [0.1, 0.15) is 17.2 Å². The van der Waals surface area contributed by atoms with Crippen LogP contribution in [0.25, 0.3) is 0 Å². The van der Waals surface area contributed by atoms with Crippen LogP contribution in [0.4, 0.5) is 15.8 Å². The molecule has 0 saturated carbocycles. The number of halogens is 1. The Hall–Kier alpha value is -2.67. The second kappa shape index (κ2) is 7.06. The highest BCUT2D eigenvalue weighted by Gasteiger charge is 2.20. The zero-order valence-electron chi connectivity index (χ0n) is 12.7. The molecule has 2 aromatic carbocycles. The lowest BCUT2D eigenvalue weighted by Crippen LogP contribution is -2.13. The molecule has 6 nitrogen and oxygen atoms in total. The van der Waals surface area contributed by atoms with Crippen molar-refractivity contribution in [1.29, 1.82) is 0 Å². The van der Waals surface area contributed by atoms with Crippen molar-refractivity contribution in [2.45, 2.75) is 13.0 Å². The molecule has 2 rings (SSSR count). The van der Waals surface area contributed by atoms with Crippen molar-refractivity contribution in [3.63, 3.8) is 0 Å². The number of nitrogens with one attached hydrogen (secondary N) is 1. The molecule has 0 aliphatic heterocycles. The maximum Gasteiger partial charge on any atom is 0.295 e. The monoisotopic (exact) mass is 320 g/mol. The van der Waals surface area contributed by atoms with Crippen LogP contribution in [0.15, 0.2) is 36.4 Å². The number of nitro groups is 1. The topological polar surface area (TPSA) is 84.6 Å². The number of aliphatic hydroxyl groups is 1. The van der Waals surface area contributed by atoms with Gasteiger partial charge in [0.05, 0.1) is 24.2 Å². The van der Waals surface area contributed by atoms with E-state index in [0.717, 1.165) is 11.6 Å². The summed E-state index contributed by atoms with van der Waals surface area (Å²) >= 11 is 0. The number of methoxy groups -OCH3 is 1. The molecule has 1 unspecified atom stereocenters. The third-order valence-corrected chi connectivity index (χ3v) is 3.38. The Morgan fingerprint density at radius 2 is 2.13 bits per heavy atom. The summed E-state index contributed by atoms with van der Waals surface area (Å²) in [6.07, 6.45) is -0.856. The van der Waals surface area contributed by atoms with Crippen LogP contribution in [-0.2, 0) is 0 Å². The minimum absolute atomic E-state index is 0.0408. The van der Waals surface area contributed by atoms with E-state index in [1.165, 1.54) is 13.2 Å². The van der Waals surface area contributed by atoms with Crippen molar-refractivity contribution in [3.05, 3.63) is 63.5 Å². The Morgan fingerprint density at radius 1 is 1.39 bits per heavy atom. The Balaban J connectivity index is 2.20. The van der Waals surface area contributed by atoms with E-state index in [-0.39, 0.29) is 18.0 Å². The van der Waals surface area contributed by atoms with Crippen molar-refractivity contribution in [2.24, 2.45) is 0 Å². The van der Waals surface area contributed by atoms with Gasteiger partial charge in [-0.25, -0.2) is 4.39 Å². The Morgan fingerprint density at radius 3 is 2.74 bits per heavy atom. The maximum absolute atomic E-state index is 13.6. The predicted octanol–water partition coefficient (Wildman–Crippen LogP) is 3.20. The van der Waals surface area contributed by atoms with Crippen LogP contribution >= 0.6 is 0 Å². The zero-order valence-corrected chi connectivity index (χ0v) is 12.7. The van der Waals surface area contributed by atoms with Crippen LogP contribution in [0.5, 0.6) is 5.75 Å². The first kappa shape index (κ1) is 16.7. The number of hydrogen-bond donors (Lipinski definition) is 2.